The van der Waals surface area contributed by atoms with E-state index in [1.807, 2.05) is 24.4 Å². The van der Waals surface area contributed by atoms with Crippen molar-refractivity contribution < 1.29 is 5.11 Å². The van der Waals surface area contributed by atoms with E-state index in [-0.39, 0.29) is 11.8 Å². The first-order chi connectivity index (χ1) is 10.8. The average Bonchev–Trinajstić information content (AvgIpc) is 2.58. The van der Waals surface area contributed by atoms with E-state index in [2.05, 4.69) is 22.0 Å². The Labute approximate surface area is 130 Å². The van der Waals surface area contributed by atoms with E-state index in [1.165, 1.54) is 0 Å². The van der Waals surface area contributed by atoms with Crippen LogP contribution in [0.4, 0.5) is 0 Å². The first kappa shape index (κ1) is 14.6. The first-order valence-corrected chi connectivity index (χ1v) is 7.64. The van der Waals surface area contributed by atoms with Gasteiger partial charge < -0.3 is 5.11 Å². The van der Waals surface area contributed by atoms with Crippen molar-refractivity contribution in [2.75, 3.05) is 6.54 Å². The zero-order chi connectivity index (χ0) is 15.4. The summed E-state index contributed by atoms with van der Waals surface area (Å²) in [7, 11) is 0. The number of phenols is 1. The summed E-state index contributed by atoms with van der Waals surface area (Å²) in [6.45, 7) is 0.853. The SMILES string of the molecule is N#C[C@H](c1ccccc1O)N1CCCC[C@@H]1c1cccnc1. The van der Waals surface area contributed by atoms with Crippen molar-refractivity contribution in [1.82, 2.24) is 9.88 Å². The summed E-state index contributed by atoms with van der Waals surface area (Å²) in [5.41, 5.74) is 1.82. The number of benzene rings is 1. The Morgan fingerprint density at radius 2 is 2.09 bits per heavy atom. The molecule has 0 unspecified atom stereocenters. The lowest BCUT2D eigenvalue weighted by Gasteiger charge is -2.38. The van der Waals surface area contributed by atoms with Crippen LogP contribution in [0.2, 0.25) is 0 Å². The molecule has 1 aromatic carbocycles. The van der Waals surface area contributed by atoms with Crippen LogP contribution in [0.5, 0.6) is 5.75 Å². The molecule has 0 bridgehead atoms. The summed E-state index contributed by atoms with van der Waals surface area (Å²) in [4.78, 5) is 6.40. The third-order valence-corrected chi connectivity index (χ3v) is 4.30. The van der Waals surface area contributed by atoms with Gasteiger partial charge in [0.1, 0.15) is 11.8 Å². The lowest BCUT2D eigenvalue weighted by molar-refractivity contribution is 0.118. The van der Waals surface area contributed by atoms with Gasteiger partial charge in [0.15, 0.2) is 0 Å². The minimum Gasteiger partial charge on any atom is -0.508 e. The third-order valence-electron chi connectivity index (χ3n) is 4.30. The monoisotopic (exact) mass is 293 g/mol. The quantitative estimate of drug-likeness (QED) is 0.939. The zero-order valence-electron chi connectivity index (χ0n) is 12.4. The molecule has 0 aliphatic carbocycles. The second kappa shape index (κ2) is 6.59. The summed E-state index contributed by atoms with van der Waals surface area (Å²) in [5.74, 6) is 0.185. The predicted octanol–water partition coefficient (Wildman–Crippen LogP) is 3.58. The van der Waals surface area contributed by atoms with Gasteiger partial charge in [-0.25, -0.2) is 0 Å². The second-order valence-corrected chi connectivity index (χ2v) is 5.63. The maximum atomic E-state index is 10.1. The molecule has 22 heavy (non-hydrogen) atoms. The van der Waals surface area contributed by atoms with Gasteiger partial charge in [0, 0.05) is 30.5 Å². The first-order valence-electron chi connectivity index (χ1n) is 7.64. The van der Waals surface area contributed by atoms with Crippen molar-refractivity contribution in [3.05, 3.63) is 59.9 Å². The number of likely N-dealkylation sites (tertiary alicyclic amines) is 1. The molecule has 0 radical (unpaired) electrons. The number of hydrogen-bond acceptors (Lipinski definition) is 4. The summed E-state index contributed by atoms with van der Waals surface area (Å²) in [6, 6.07) is 13.2. The topological polar surface area (TPSA) is 60.1 Å². The van der Waals surface area contributed by atoms with E-state index < -0.39 is 6.04 Å². The Morgan fingerprint density at radius 3 is 2.82 bits per heavy atom. The molecular weight excluding hydrogens is 274 g/mol. The molecule has 1 fully saturated rings. The van der Waals surface area contributed by atoms with Crippen LogP contribution in [0.15, 0.2) is 48.8 Å². The smallest absolute Gasteiger partial charge is 0.127 e. The van der Waals surface area contributed by atoms with Gasteiger partial charge in [0.25, 0.3) is 0 Å². The highest BCUT2D eigenvalue weighted by Gasteiger charge is 2.32. The molecular formula is C18H19N3O. The molecule has 0 amide bonds. The number of piperidine rings is 1. The molecule has 1 aromatic heterocycles. The number of nitrogens with zero attached hydrogens (tertiary/aromatic N) is 3. The summed E-state index contributed by atoms with van der Waals surface area (Å²) in [6.07, 6.45) is 6.87. The highest BCUT2D eigenvalue weighted by atomic mass is 16.3. The molecule has 2 heterocycles. The average molecular weight is 293 g/mol. The van der Waals surface area contributed by atoms with Gasteiger partial charge in [-0.3, -0.25) is 9.88 Å². The highest BCUT2D eigenvalue weighted by molar-refractivity contribution is 5.38. The van der Waals surface area contributed by atoms with Gasteiger partial charge in [0.2, 0.25) is 0 Å². The fourth-order valence-corrected chi connectivity index (χ4v) is 3.24. The number of phenolic OH excluding ortho intramolecular Hbond substituents is 1. The van der Waals surface area contributed by atoms with Crippen molar-refractivity contribution >= 4 is 0 Å². The second-order valence-electron chi connectivity index (χ2n) is 5.63. The van der Waals surface area contributed by atoms with Gasteiger partial charge in [-0.15, -0.1) is 0 Å². The fourth-order valence-electron chi connectivity index (χ4n) is 3.24. The van der Waals surface area contributed by atoms with Crippen LogP contribution in [0.25, 0.3) is 0 Å². The third kappa shape index (κ3) is 2.81. The van der Waals surface area contributed by atoms with E-state index in [0.29, 0.717) is 5.56 Å². The number of aromatic nitrogens is 1. The molecule has 2 aromatic rings. The minimum atomic E-state index is -0.438. The number of hydrogen-bond donors (Lipinski definition) is 1. The van der Waals surface area contributed by atoms with Crippen LogP contribution in [0.3, 0.4) is 0 Å². The normalized spacial score (nSPS) is 20.2. The van der Waals surface area contributed by atoms with Crippen molar-refractivity contribution in [3.63, 3.8) is 0 Å². The summed E-state index contributed by atoms with van der Waals surface area (Å²) in [5, 5.41) is 19.8. The number of para-hydroxylation sites is 1. The molecule has 112 valence electrons. The maximum Gasteiger partial charge on any atom is 0.127 e. The number of pyridine rings is 1. The number of nitriles is 1. The molecule has 1 aliphatic rings. The Morgan fingerprint density at radius 1 is 1.23 bits per heavy atom. The van der Waals surface area contributed by atoms with Gasteiger partial charge in [-0.05, 0) is 30.5 Å². The van der Waals surface area contributed by atoms with Crippen LogP contribution >= 0.6 is 0 Å². The molecule has 4 nitrogen and oxygen atoms in total. The van der Waals surface area contributed by atoms with Gasteiger partial charge in [-0.1, -0.05) is 30.7 Å². The highest BCUT2D eigenvalue weighted by Crippen LogP contribution is 2.39. The molecule has 1 aliphatic heterocycles. The van der Waals surface area contributed by atoms with Crippen LogP contribution < -0.4 is 0 Å². The molecule has 0 saturated carbocycles. The van der Waals surface area contributed by atoms with Gasteiger partial charge in [-0.2, -0.15) is 5.26 Å². The summed E-state index contributed by atoms with van der Waals surface area (Å²) < 4.78 is 0. The summed E-state index contributed by atoms with van der Waals surface area (Å²) >= 11 is 0. The molecule has 0 spiro atoms. The van der Waals surface area contributed by atoms with Gasteiger partial charge in [0.05, 0.1) is 6.07 Å². The van der Waals surface area contributed by atoms with Crippen LogP contribution in [0, 0.1) is 11.3 Å². The lowest BCUT2D eigenvalue weighted by Crippen LogP contribution is -2.36. The Bertz CT molecular complexity index is 666. The van der Waals surface area contributed by atoms with Gasteiger partial charge >= 0.3 is 0 Å². The van der Waals surface area contributed by atoms with Crippen molar-refractivity contribution in [2.24, 2.45) is 0 Å². The van der Waals surface area contributed by atoms with Crippen LogP contribution in [-0.4, -0.2) is 21.5 Å². The van der Waals surface area contributed by atoms with Crippen molar-refractivity contribution in [3.8, 4) is 11.8 Å². The maximum absolute atomic E-state index is 10.1. The molecule has 1 saturated heterocycles. The molecule has 3 rings (SSSR count). The Kier molecular flexibility index (Phi) is 4.36. The molecule has 1 N–H and O–H groups in total. The van der Waals surface area contributed by atoms with Crippen molar-refractivity contribution in [2.45, 2.75) is 31.3 Å². The van der Waals surface area contributed by atoms with E-state index >= 15 is 0 Å². The number of aromatic hydroxyl groups is 1. The van der Waals surface area contributed by atoms with Crippen LogP contribution in [-0.2, 0) is 0 Å². The fraction of sp³-hybridized carbons (Fsp3) is 0.333. The van der Waals surface area contributed by atoms with E-state index in [4.69, 9.17) is 0 Å². The predicted molar refractivity (Wildman–Crippen MR) is 84.0 cm³/mol. The zero-order valence-corrected chi connectivity index (χ0v) is 12.4. The van der Waals surface area contributed by atoms with Crippen molar-refractivity contribution in [1.29, 1.82) is 5.26 Å². The Balaban J connectivity index is 1.96. The minimum absolute atomic E-state index is 0.173. The largest absolute Gasteiger partial charge is 0.508 e. The molecule has 2 atom stereocenters. The Hall–Kier alpha value is -2.38. The standard InChI is InChI=1S/C18H19N3O/c19-12-17(15-7-1-2-9-18(15)22)21-11-4-3-8-16(21)14-6-5-10-20-13-14/h1-2,5-7,9-10,13,16-17,22H,3-4,8,11H2/t16-,17-/m1/s1. The molecule has 4 heteroatoms. The lowest BCUT2D eigenvalue weighted by atomic mass is 9.92. The van der Waals surface area contributed by atoms with Crippen LogP contribution in [0.1, 0.15) is 42.5 Å². The number of rotatable bonds is 3. The van der Waals surface area contributed by atoms with E-state index in [1.54, 1.807) is 18.3 Å². The van der Waals surface area contributed by atoms with E-state index in [0.717, 1.165) is 31.4 Å². The van der Waals surface area contributed by atoms with E-state index in [9.17, 15) is 10.4 Å².